The summed E-state index contributed by atoms with van der Waals surface area (Å²) in [7, 11) is 1.39. The highest BCUT2D eigenvalue weighted by Gasteiger charge is 2.38. The molecule has 0 saturated carbocycles. The lowest BCUT2D eigenvalue weighted by molar-refractivity contribution is -0.164. The molecule has 5 heterocycles. The third kappa shape index (κ3) is 6.46. The maximum absolute atomic E-state index is 13.3. The van der Waals surface area contributed by atoms with Crippen molar-refractivity contribution in [2.45, 2.75) is 64.8 Å². The number of para-hydroxylation sites is 1. The van der Waals surface area contributed by atoms with E-state index >= 15 is 0 Å². The number of carbonyl (C=O) groups excluding carboxylic acids is 1. The van der Waals surface area contributed by atoms with E-state index < -0.39 is 17.7 Å². The Morgan fingerprint density at radius 2 is 1.73 bits per heavy atom. The molecule has 0 amide bonds. The first-order valence-electron chi connectivity index (χ1n) is 15.6. The van der Waals surface area contributed by atoms with Gasteiger partial charge in [-0.2, -0.15) is 9.61 Å². The van der Waals surface area contributed by atoms with E-state index in [1.807, 2.05) is 74.7 Å². The molecule has 6 bridgehead atoms. The van der Waals surface area contributed by atoms with Crippen LogP contribution in [-0.2, 0) is 19.0 Å². The van der Waals surface area contributed by atoms with Crippen molar-refractivity contribution in [3.8, 4) is 28.1 Å². The topological polar surface area (TPSA) is 87.4 Å². The van der Waals surface area contributed by atoms with Crippen LogP contribution in [-0.4, -0.2) is 65.2 Å². The maximum atomic E-state index is 13.3. The van der Waals surface area contributed by atoms with Gasteiger partial charge in [-0.3, -0.25) is 0 Å². The molecular formula is C36H42N4O5. The van der Waals surface area contributed by atoms with Crippen molar-refractivity contribution < 1.29 is 23.7 Å². The zero-order chi connectivity index (χ0) is 31.8. The molecule has 2 aromatic heterocycles. The van der Waals surface area contributed by atoms with Gasteiger partial charge in [0.1, 0.15) is 18.2 Å². The van der Waals surface area contributed by atoms with Gasteiger partial charge in [0.2, 0.25) is 0 Å². The molecule has 236 valence electrons. The number of hydrogen-bond donors (Lipinski definition) is 0. The van der Waals surface area contributed by atoms with Crippen molar-refractivity contribution in [2.24, 2.45) is 0 Å². The van der Waals surface area contributed by atoms with Crippen molar-refractivity contribution in [1.82, 2.24) is 14.6 Å². The van der Waals surface area contributed by atoms with Gasteiger partial charge in [0.05, 0.1) is 36.2 Å². The molecule has 7 rings (SSSR count). The Labute approximate surface area is 264 Å². The molecule has 9 nitrogen and oxygen atoms in total. The summed E-state index contributed by atoms with van der Waals surface area (Å²) in [4.78, 5) is 20.6. The average Bonchev–Trinajstić information content (AvgIpc) is 3.44. The van der Waals surface area contributed by atoms with Crippen LogP contribution in [0.25, 0.3) is 28.0 Å². The SMILES string of the molecule is COC(=O)C(OC(C)(C)C)c1c(C)nc2cc3nn2c1N1CCC(C)(CC1)OCC=CCOc1ccccc1-c1cccc-3c1. The molecule has 0 N–H and O–H groups in total. The fourth-order valence-corrected chi connectivity index (χ4v) is 6.09. The number of ether oxygens (including phenoxy) is 4. The zero-order valence-electron chi connectivity index (χ0n) is 27.0. The summed E-state index contributed by atoms with van der Waals surface area (Å²) in [6, 6.07) is 18.3. The molecule has 9 heteroatoms. The third-order valence-electron chi connectivity index (χ3n) is 8.46. The lowest BCUT2D eigenvalue weighted by Crippen LogP contribution is -2.45. The molecule has 3 aliphatic rings. The van der Waals surface area contributed by atoms with Crippen LogP contribution < -0.4 is 9.64 Å². The first-order chi connectivity index (χ1) is 21.5. The predicted molar refractivity (Wildman–Crippen MR) is 175 cm³/mol. The minimum Gasteiger partial charge on any atom is -0.489 e. The first kappa shape index (κ1) is 30.8. The standard InChI is InChI=1S/C36H42N4O5/c1-24-31(32(34(41)42-6)45-35(2,3)4)33-39-18-16-36(5,17-19-39)44-21-10-9-20-43-29-15-8-7-14-27(29)25-12-11-13-26(22-25)28-23-30(37-24)40(33)38-28/h7-15,22-23,32H,16-21H2,1-6H3. The Bertz CT molecular complexity index is 1730. The number of anilines is 1. The summed E-state index contributed by atoms with van der Waals surface area (Å²) in [6.45, 7) is 12.2. The van der Waals surface area contributed by atoms with E-state index in [1.54, 1.807) is 0 Å². The normalized spacial score (nSPS) is 17.2. The van der Waals surface area contributed by atoms with Crippen LogP contribution in [0.3, 0.4) is 0 Å². The number of methoxy groups -OCH3 is 1. The van der Waals surface area contributed by atoms with Crippen molar-refractivity contribution in [3.63, 3.8) is 0 Å². The fourth-order valence-electron chi connectivity index (χ4n) is 6.09. The van der Waals surface area contributed by atoms with E-state index in [1.165, 1.54) is 7.11 Å². The summed E-state index contributed by atoms with van der Waals surface area (Å²) >= 11 is 0. The molecule has 45 heavy (non-hydrogen) atoms. The minimum atomic E-state index is -0.981. The second kappa shape index (κ2) is 12.3. The van der Waals surface area contributed by atoms with Gasteiger partial charge < -0.3 is 23.8 Å². The second-order valence-electron chi connectivity index (χ2n) is 13.0. The van der Waals surface area contributed by atoms with Crippen LogP contribution in [0.15, 0.2) is 66.7 Å². The summed E-state index contributed by atoms with van der Waals surface area (Å²) in [5.74, 6) is 1.13. The number of esters is 1. The highest BCUT2D eigenvalue weighted by Crippen LogP contribution is 2.39. The largest absolute Gasteiger partial charge is 0.489 e. The molecule has 3 aliphatic heterocycles. The predicted octanol–water partition coefficient (Wildman–Crippen LogP) is 6.73. The van der Waals surface area contributed by atoms with Crippen molar-refractivity contribution in [3.05, 3.63) is 78.0 Å². The summed E-state index contributed by atoms with van der Waals surface area (Å²) < 4.78 is 26.1. The molecule has 0 radical (unpaired) electrons. The van der Waals surface area contributed by atoms with Crippen LogP contribution >= 0.6 is 0 Å². The molecule has 0 spiro atoms. The van der Waals surface area contributed by atoms with Gasteiger partial charge in [0.15, 0.2) is 11.8 Å². The maximum Gasteiger partial charge on any atom is 0.339 e. The molecule has 4 aromatic rings. The second-order valence-corrected chi connectivity index (χ2v) is 13.0. The Balaban J connectivity index is 1.56. The van der Waals surface area contributed by atoms with Crippen LogP contribution in [0.2, 0.25) is 0 Å². The van der Waals surface area contributed by atoms with E-state index in [0.29, 0.717) is 43.2 Å². The first-order valence-corrected chi connectivity index (χ1v) is 15.6. The van der Waals surface area contributed by atoms with E-state index in [2.05, 4.69) is 36.1 Å². The number of benzene rings is 2. The number of nitrogens with zero attached hydrogens (tertiary/aromatic N) is 4. The van der Waals surface area contributed by atoms with Gasteiger partial charge in [-0.25, -0.2) is 9.78 Å². The monoisotopic (exact) mass is 610 g/mol. The summed E-state index contributed by atoms with van der Waals surface area (Å²) in [6.07, 6.45) is 4.65. The highest BCUT2D eigenvalue weighted by molar-refractivity contribution is 5.81. The lowest BCUT2D eigenvalue weighted by Gasteiger charge is -2.41. The van der Waals surface area contributed by atoms with Crippen LogP contribution in [0.4, 0.5) is 5.82 Å². The molecule has 1 saturated heterocycles. The number of rotatable bonds is 3. The number of hydrogen-bond acceptors (Lipinski definition) is 8. The van der Waals surface area contributed by atoms with Crippen molar-refractivity contribution in [2.75, 3.05) is 38.3 Å². The van der Waals surface area contributed by atoms with Crippen LogP contribution in [0.1, 0.15) is 57.9 Å². The molecule has 0 aliphatic carbocycles. The van der Waals surface area contributed by atoms with E-state index in [4.69, 9.17) is 29.0 Å². The van der Waals surface area contributed by atoms with Gasteiger partial charge in [-0.15, -0.1) is 0 Å². The van der Waals surface area contributed by atoms with Gasteiger partial charge >= 0.3 is 5.97 Å². The molecule has 1 unspecified atom stereocenters. The average molecular weight is 611 g/mol. The van der Waals surface area contributed by atoms with Crippen molar-refractivity contribution in [1.29, 1.82) is 0 Å². The Kier molecular flexibility index (Phi) is 8.41. The quantitative estimate of drug-likeness (QED) is 0.187. The van der Waals surface area contributed by atoms with E-state index in [-0.39, 0.29) is 5.60 Å². The lowest BCUT2D eigenvalue weighted by atomic mass is 9.92. The smallest absolute Gasteiger partial charge is 0.339 e. The van der Waals surface area contributed by atoms with Crippen LogP contribution in [0, 0.1) is 6.92 Å². The Hall–Kier alpha value is -4.21. The molecule has 2 aromatic carbocycles. The Morgan fingerprint density at radius 3 is 2.49 bits per heavy atom. The Morgan fingerprint density at radius 1 is 1.00 bits per heavy atom. The van der Waals surface area contributed by atoms with Gasteiger partial charge in [0, 0.05) is 36.0 Å². The minimum absolute atomic E-state index is 0.295. The number of piperidine rings is 1. The molecule has 1 atom stereocenters. The number of carbonyl (C=O) groups is 1. The van der Waals surface area contributed by atoms with Gasteiger partial charge in [-0.05, 0) is 71.2 Å². The van der Waals surface area contributed by atoms with E-state index in [9.17, 15) is 4.79 Å². The van der Waals surface area contributed by atoms with E-state index in [0.717, 1.165) is 46.8 Å². The third-order valence-corrected chi connectivity index (χ3v) is 8.46. The summed E-state index contributed by atoms with van der Waals surface area (Å²) in [5, 5.41) is 5.13. The number of aromatic nitrogens is 3. The number of aryl methyl sites for hydroxylation is 1. The fraction of sp³-hybridized carbons (Fsp3) is 0.417. The van der Waals surface area contributed by atoms with Gasteiger partial charge in [0.25, 0.3) is 0 Å². The zero-order valence-corrected chi connectivity index (χ0v) is 27.0. The molecule has 1 fully saturated rings. The summed E-state index contributed by atoms with van der Waals surface area (Å²) in [5.41, 5.74) is 4.89. The molecular weight excluding hydrogens is 568 g/mol. The number of fused-ring (bicyclic) bond motifs is 6. The van der Waals surface area contributed by atoms with Gasteiger partial charge in [-0.1, -0.05) is 42.5 Å². The van der Waals surface area contributed by atoms with Crippen molar-refractivity contribution >= 4 is 17.4 Å². The van der Waals surface area contributed by atoms with Crippen LogP contribution in [0.5, 0.6) is 5.75 Å². The highest BCUT2D eigenvalue weighted by atomic mass is 16.6.